The number of sulfone groups is 2. The van der Waals surface area contributed by atoms with Crippen molar-refractivity contribution in [2.24, 2.45) is 5.73 Å². The van der Waals surface area contributed by atoms with Crippen molar-refractivity contribution in [1.82, 2.24) is 10.2 Å². The molecule has 26 heteroatoms. The molecule has 5 aromatic rings. The van der Waals surface area contributed by atoms with Crippen molar-refractivity contribution in [3.05, 3.63) is 131 Å². The molecule has 2 aliphatic rings. The molecular weight excluding hydrogens is 984 g/mol. The van der Waals surface area contributed by atoms with Crippen LogP contribution in [0.2, 0.25) is 0 Å². The molecule has 67 heavy (non-hydrogen) atoms. The van der Waals surface area contributed by atoms with Crippen LogP contribution < -0.4 is 14.3 Å². The van der Waals surface area contributed by atoms with Crippen LogP contribution >= 0.6 is 0 Å². The maximum atomic E-state index is 15.0. The summed E-state index contributed by atoms with van der Waals surface area (Å²) in [5, 5.41) is 4.04. The molecule has 15 nitrogen and oxygen atoms in total. The van der Waals surface area contributed by atoms with Crippen LogP contribution in [0.4, 0.5) is 42.1 Å². The summed E-state index contributed by atoms with van der Waals surface area (Å²) < 4.78 is 202. The number of Topliss-reactive ketones (excluding diaryl/α,β-unsaturated/α-hetero) is 1. The lowest BCUT2D eigenvalue weighted by Gasteiger charge is -2.31. The Bertz CT molecular complexity index is 3070. The van der Waals surface area contributed by atoms with Gasteiger partial charge in [0.15, 0.2) is 5.78 Å². The first-order chi connectivity index (χ1) is 31.3. The van der Waals surface area contributed by atoms with E-state index in [0.29, 0.717) is 0 Å². The summed E-state index contributed by atoms with van der Waals surface area (Å²) in [5.41, 5.74) is 4.87. The number of anilines is 2. The summed E-state index contributed by atoms with van der Waals surface area (Å²) >= 11 is 0. The Hall–Kier alpha value is -5.44. The van der Waals surface area contributed by atoms with Crippen LogP contribution in [0.15, 0.2) is 89.3 Å². The van der Waals surface area contributed by atoms with E-state index in [0.717, 1.165) is 51.1 Å². The van der Waals surface area contributed by atoms with Crippen molar-refractivity contribution >= 4 is 56.9 Å². The van der Waals surface area contributed by atoms with E-state index in [1.165, 1.54) is 42.5 Å². The molecule has 2 aliphatic heterocycles. The van der Waals surface area contributed by atoms with E-state index >= 15 is 0 Å². The zero-order valence-corrected chi connectivity index (χ0v) is 38.0. The van der Waals surface area contributed by atoms with Crippen molar-refractivity contribution in [3.63, 3.8) is 0 Å². The number of benzene rings is 4. The fourth-order valence-electron chi connectivity index (χ4n) is 7.15. The number of alkyl halides is 3. The van der Waals surface area contributed by atoms with Gasteiger partial charge in [-0.2, -0.15) is 13.2 Å². The Balaban J connectivity index is 0.000000224. The number of rotatable bonds is 13. The second kappa shape index (κ2) is 20.0. The van der Waals surface area contributed by atoms with Crippen molar-refractivity contribution in [2.45, 2.75) is 55.4 Å². The average Bonchev–Trinajstić information content (AvgIpc) is 3.77. The highest BCUT2D eigenvalue weighted by atomic mass is 32.2. The summed E-state index contributed by atoms with van der Waals surface area (Å²) in [6, 6.07) is 16.2. The van der Waals surface area contributed by atoms with Crippen molar-refractivity contribution in [2.75, 3.05) is 38.2 Å². The number of aromatic nitrogens is 2. The zero-order chi connectivity index (χ0) is 49.1. The number of hydrogen-bond acceptors (Lipinski definition) is 13. The van der Waals surface area contributed by atoms with E-state index in [-0.39, 0.29) is 88.9 Å². The molecule has 0 amide bonds. The first kappa shape index (κ1) is 51.0. The first-order valence-electron chi connectivity index (χ1n) is 20.0. The highest BCUT2D eigenvalue weighted by Crippen LogP contribution is 2.34. The van der Waals surface area contributed by atoms with E-state index in [9.17, 15) is 69.2 Å². The number of carbonyl (C=O) groups is 1. The molecule has 4 aromatic carbocycles. The minimum Gasteiger partial charge on any atom is -0.413 e. The number of nitrogens with two attached hydrogens (primary N) is 1. The first-order valence-corrected chi connectivity index (χ1v) is 26.6. The lowest BCUT2D eigenvalue weighted by Crippen LogP contribution is -2.42. The molecule has 0 bridgehead atoms. The molecule has 1 aromatic heterocycles. The third-order valence-electron chi connectivity index (χ3n) is 10.8. The number of hydrogen-bond donors (Lipinski definition) is 1. The van der Waals surface area contributed by atoms with E-state index < -0.39 is 110 Å². The van der Waals surface area contributed by atoms with Gasteiger partial charge in [-0.1, -0.05) is 30.3 Å². The van der Waals surface area contributed by atoms with E-state index in [1.54, 1.807) is 0 Å². The van der Waals surface area contributed by atoms with Crippen LogP contribution in [0, 0.1) is 23.3 Å². The number of carbonyl (C=O) groups excluding carboxylic acids is 1. The molecule has 0 spiro atoms. The smallest absolute Gasteiger partial charge is 0.413 e. The van der Waals surface area contributed by atoms with Crippen molar-refractivity contribution < 1.29 is 73.6 Å². The van der Waals surface area contributed by atoms with Crippen LogP contribution in [0.3, 0.4) is 0 Å². The van der Waals surface area contributed by atoms with Crippen LogP contribution in [0.25, 0.3) is 11.5 Å². The summed E-state index contributed by atoms with van der Waals surface area (Å²) in [5.74, 6) is -7.07. The Morgan fingerprint density at radius 2 is 1.10 bits per heavy atom. The van der Waals surface area contributed by atoms with Gasteiger partial charge in [-0.05, 0) is 80.3 Å². The normalized spacial score (nSPS) is 16.7. The topological polar surface area (TPSA) is 225 Å². The Morgan fingerprint density at radius 3 is 1.49 bits per heavy atom. The van der Waals surface area contributed by atoms with Crippen molar-refractivity contribution in [1.29, 1.82) is 0 Å². The monoisotopic (exact) mass is 1020 g/mol. The lowest BCUT2D eigenvalue weighted by atomic mass is 10.1. The van der Waals surface area contributed by atoms with Crippen molar-refractivity contribution in [3.8, 4) is 11.5 Å². The van der Waals surface area contributed by atoms with Crippen LogP contribution in [0.1, 0.15) is 53.1 Å². The average molecular weight is 1020 g/mol. The third kappa shape index (κ3) is 12.4. The standard InChI is InChI=1S/C21H18F5N3O5S2.C20H22F2N2O5S2/c22-15-2-1-3-16(11-15)29(36(32,33)17-6-8-35(30,31)9-7-17)12-14-5-4-13(10-18(14)23)19-27-28-20(34-19)21(24,25)26;21-16-2-1-3-17(11-16)24(31(28,29)18-6-8-30(26,27)9-7-18)13-15-5-4-14(10-19(15)22)20(25)12-23/h1-5,10-11,17H,6-9,12H2;1-5,10-11,18H,6-9,12-13,23H2. The Kier molecular flexibility index (Phi) is 15.2. The summed E-state index contributed by atoms with van der Waals surface area (Å²) in [6.07, 6.45) is -5.42. The zero-order valence-electron chi connectivity index (χ0n) is 34.7. The fraction of sp³-hybridized carbons (Fsp3) is 0.341. The predicted molar refractivity (Wildman–Crippen MR) is 231 cm³/mol. The fourth-order valence-corrected chi connectivity index (χ4v) is 14.6. The Morgan fingerprint density at radius 1 is 0.657 bits per heavy atom. The molecule has 0 atom stereocenters. The number of ketones is 1. The Labute approximate surface area is 380 Å². The lowest BCUT2D eigenvalue weighted by molar-refractivity contribution is -0.156. The molecule has 0 radical (unpaired) electrons. The SMILES string of the molecule is NCC(=O)c1ccc(CN(c2cccc(F)c2)S(=O)(=O)C2CCS(=O)(=O)CC2)c(F)c1.O=S1(=O)CCC(S(=O)(=O)N(Cc2ccc(-c3nnc(C(F)(F)F)o3)cc2F)c2cccc(F)c2)CC1. The molecule has 2 saturated heterocycles. The summed E-state index contributed by atoms with van der Waals surface area (Å²) in [6.45, 7) is -1.33. The molecule has 0 aliphatic carbocycles. The second-order valence-electron chi connectivity index (χ2n) is 15.4. The van der Waals surface area contributed by atoms with E-state index in [2.05, 4.69) is 14.6 Å². The van der Waals surface area contributed by atoms with Crippen LogP contribution in [0.5, 0.6) is 0 Å². The van der Waals surface area contributed by atoms with Gasteiger partial charge in [0.05, 0.1) is 64.5 Å². The van der Waals surface area contributed by atoms with E-state index in [1.807, 2.05) is 0 Å². The predicted octanol–water partition coefficient (Wildman–Crippen LogP) is 5.97. The summed E-state index contributed by atoms with van der Waals surface area (Å²) in [4.78, 5) is 11.7. The molecule has 2 fully saturated rings. The molecule has 0 unspecified atom stereocenters. The molecule has 2 N–H and O–H groups in total. The molecule has 7 rings (SSSR count). The third-order valence-corrected chi connectivity index (χ3v) is 18.8. The van der Waals surface area contributed by atoms with Gasteiger partial charge >= 0.3 is 12.1 Å². The molecule has 3 heterocycles. The number of halogens is 7. The number of nitrogens with zero attached hydrogens (tertiary/aromatic N) is 4. The van der Waals surface area contributed by atoms with Gasteiger partial charge in [-0.3, -0.25) is 13.4 Å². The highest BCUT2D eigenvalue weighted by molar-refractivity contribution is 7.94. The maximum absolute atomic E-state index is 15.0. The second-order valence-corrected chi connectivity index (χ2v) is 24.3. The molecular formula is C41H40F7N5O10S4. The maximum Gasteiger partial charge on any atom is 0.470 e. The van der Waals surface area contributed by atoms with Gasteiger partial charge in [-0.25, -0.2) is 51.2 Å². The van der Waals surface area contributed by atoms with Crippen LogP contribution in [-0.4, -0.2) is 89.7 Å². The molecule has 362 valence electrons. The minimum absolute atomic E-state index is 0.00468. The van der Waals surface area contributed by atoms with Gasteiger partial charge in [0, 0.05) is 22.3 Å². The highest BCUT2D eigenvalue weighted by Gasteiger charge is 2.40. The van der Waals surface area contributed by atoms with E-state index in [4.69, 9.17) is 5.73 Å². The molecule has 0 saturated carbocycles. The van der Waals surface area contributed by atoms with Crippen LogP contribution in [-0.2, 0) is 59.0 Å². The largest absolute Gasteiger partial charge is 0.470 e. The van der Waals surface area contributed by atoms with Gasteiger partial charge in [0.1, 0.15) is 42.9 Å². The van der Waals surface area contributed by atoms with Gasteiger partial charge in [0.2, 0.25) is 25.9 Å². The summed E-state index contributed by atoms with van der Waals surface area (Å²) in [7, 11) is -15.1. The minimum atomic E-state index is -4.89. The number of sulfonamides is 2. The van der Waals surface area contributed by atoms with Gasteiger partial charge in [-0.15, -0.1) is 10.2 Å². The van der Waals surface area contributed by atoms with Gasteiger partial charge in [0.25, 0.3) is 0 Å². The quantitative estimate of drug-likeness (QED) is 0.106. The van der Waals surface area contributed by atoms with Gasteiger partial charge < -0.3 is 10.2 Å².